The largest absolute Gasteiger partial charge is 0.493 e. The molecule has 1 fully saturated rings. The van der Waals surface area contributed by atoms with E-state index in [0.717, 1.165) is 10.0 Å². The van der Waals surface area contributed by atoms with Crippen molar-refractivity contribution >= 4 is 25.8 Å². The maximum atomic E-state index is 11.6. The minimum Gasteiger partial charge on any atom is -0.493 e. The Morgan fingerprint density at radius 3 is 2.57 bits per heavy atom. The molecule has 2 rings (SSSR count). The molecule has 1 aliphatic rings. The Morgan fingerprint density at radius 1 is 1.33 bits per heavy atom. The predicted molar refractivity (Wildman–Crippen MR) is 85.8 cm³/mol. The summed E-state index contributed by atoms with van der Waals surface area (Å²) < 4.78 is 34.6. The van der Waals surface area contributed by atoms with Gasteiger partial charge in [0.25, 0.3) is 0 Å². The minimum absolute atomic E-state index is 0.189. The summed E-state index contributed by atoms with van der Waals surface area (Å²) >= 11 is 3.46. The number of hydrogen-bond donors (Lipinski definition) is 1. The van der Waals surface area contributed by atoms with Crippen molar-refractivity contribution in [3.8, 4) is 11.5 Å². The maximum absolute atomic E-state index is 11.6. The number of ether oxygens (including phenoxy) is 2. The Balaban J connectivity index is 2.12. The molecule has 1 aliphatic heterocycles. The first-order valence-corrected chi connectivity index (χ1v) is 9.26. The van der Waals surface area contributed by atoms with Crippen LogP contribution >= 0.6 is 15.9 Å². The Hall–Kier alpha value is -0.790. The summed E-state index contributed by atoms with van der Waals surface area (Å²) in [5.74, 6) is 1.74. The van der Waals surface area contributed by atoms with Gasteiger partial charge < -0.3 is 14.8 Å². The lowest BCUT2D eigenvalue weighted by atomic mass is 10.0. The summed E-state index contributed by atoms with van der Waals surface area (Å²) in [7, 11) is 0.271. The molecule has 0 aliphatic carbocycles. The molecule has 0 radical (unpaired) electrons. The van der Waals surface area contributed by atoms with Gasteiger partial charge in [-0.3, -0.25) is 0 Å². The molecule has 1 aromatic carbocycles. The molecular formula is C14H20BrNO4S. The summed E-state index contributed by atoms with van der Waals surface area (Å²) in [6.07, 6.45) is 0.643. The number of rotatable bonds is 5. The normalized spacial score (nSPS) is 24.0. The third kappa shape index (κ3) is 3.90. The second-order valence-corrected chi connectivity index (χ2v) is 8.61. The van der Waals surface area contributed by atoms with Crippen LogP contribution in [0.15, 0.2) is 16.6 Å². The smallest absolute Gasteiger partial charge is 0.174 e. The van der Waals surface area contributed by atoms with Gasteiger partial charge in [0.1, 0.15) is 0 Å². The highest BCUT2D eigenvalue weighted by Gasteiger charge is 2.37. The monoisotopic (exact) mass is 377 g/mol. The minimum atomic E-state index is -2.91. The highest BCUT2D eigenvalue weighted by molar-refractivity contribution is 9.10. The first kappa shape index (κ1) is 16.6. The molecular weight excluding hydrogens is 358 g/mol. The summed E-state index contributed by atoms with van der Waals surface area (Å²) in [5.41, 5.74) is 0.642. The molecule has 0 aromatic heterocycles. The van der Waals surface area contributed by atoms with Crippen LogP contribution in [0, 0.1) is 0 Å². The third-order valence-electron chi connectivity index (χ3n) is 3.72. The number of methoxy groups -OCH3 is 2. The van der Waals surface area contributed by atoms with Gasteiger partial charge in [-0.1, -0.05) is 0 Å². The molecule has 1 unspecified atom stereocenters. The van der Waals surface area contributed by atoms with Crippen LogP contribution in [0.4, 0.5) is 0 Å². The topological polar surface area (TPSA) is 64.6 Å². The molecule has 118 valence electrons. The number of sulfone groups is 1. The van der Waals surface area contributed by atoms with Gasteiger partial charge in [-0.15, -0.1) is 0 Å². The van der Waals surface area contributed by atoms with Crippen LogP contribution < -0.4 is 14.8 Å². The van der Waals surface area contributed by atoms with E-state index in [1.165, 1.54) is 0 Å². The third-order valence-corrected chi connectivity index (χ3v) is 6.21. The summed E-state index contributed by atoms with van der Waals surface area (Å²) in [6.45, 7) is 2.53. The van der Waals surface area contributed by atoms with Crippen LogP contribution in [-0.4, -0.2) is 39.7 Å². The van der Waals surface area contributed by atoms with Crippen LogP contribution in [0.5, 0.6) is 11.5 Å². The summed E-state index contributed by atoms with van der Waals surface area (Å²) in [4.78, 5) is 0. The SMILES string of the molecule is COc1cc(CNC2(C)CCS(=O)(=O)C2)cc(Br)c1OC. The number of nitrogens with one attached hydrogen (secondary N) is 1. The Kier molecular flexibility index (Phi) is 4.85. The first-order chi connectivity index (χ1) is 9.78. The lowest BCUT2D eigenvalue weighted by molar-refractivity contribution is 0.351. The highest BCUT2D eigenvalue weighted by Crippen LogP contribution is 2.36. The van der Waals surface area contributed by atoms with Crippen molar-refractivity contribution in [2.45, 2.75) is 25.4 Å². The van der Waals surface area contributed by atoms with E-state index >= 15 is 0 Å². The van der Waals surface area contributed by atoms with Gasteiger partial charge in [0.05, 0.1) is 30.2 Å². The van der Waals surface area contributed by atoms with E-state index < -0.39 is 9.84 Å². The summed E-state index contributed by atoms with van der Waals surface area (Å²) in [5, 5.41) is 3.35. The average molecular weight is 378 g/mol. The van der Waals surface area contributed by atoms with Gasteiger partial charge in [-0.2, -0.15) is 0 Å². The molecule has 1 heterocycles. The molecule has 0 bridgehead atoms. The fraction of sp³-hybridized carbons (Fsp3) is 0.571. The van der Waals surface area contributed by atoms with Crippen molar-refractivity contribution in [2.75, 3.05) is 25.7 Å². The Morgan fingerprint density at radius 2 is 2.05 bits per heavy atom. The van der Waals surface area contributed by atoms with E-state index in [-0.39, 0.29) is 17.0 Å². The van der Waals surface area contributed by atoms with Gasteiger partial charge in [0.15, 0.2) is 21.3 Å². The maximum Gasteiger partial charge on any atom is 0.174 e. The van der Waals surface area contributed by atoms with Crippen molar-refractivity contribution in [3.63, 3.8) is 0 Å². The molecule has 1 N–H and O–H groups in total. The molecule has 5 nitrogen and oxygen atoms in total. The van der Waals surface area contributed by atoms with Crippen molar-refractivity contribution in [2.24, 2.45) is 0 Å². The zero-order valence-corrected chi connectivity index (χ0v) is 14.8. The van der Waals surface area contributed by atoms with E-state index in [9.17, 15) is 8.42 Å². The van der Waals surface area contributed by atoms with E-state index in [2.05, 4.69) is 21.2 Å². The standard InChI is InChI=1S/C14H20BrNO4S/c1-14(4-5-21(17,18)9-14)16-8-10-6-11(15)13(20-3)12(7-10)19-2/h6-7,16H,4-5,8-9H2,1-3H3. The zero-order chi connectivity index (χ0) is 15.7. The van der Waals surface area contributed by atoms with Crippen molar-refractivity contribution < 1.29 is 17.9 Å². The van der Waals surface area contributed by atoms with Gasteiger partial charge >= 0.3 is 0 Å². The van der Waals surface area contributed by atoms with Crippen LogP contribution in [0.3, 0.4) is 0 Å². The predicted octanol–water partition coefficient (Wildman–Crippen LogP) is 2.13. The quantitative estimate of drug-likeness (QED) is 0.851. The molecule has 1 saturated heterocycles. The van der Waals surface area contributed by atoms with E-state index in [1.54, 1.807) is 14.2 Å². The highest BCUT2D eigenvalue weighted by atomic mass is 79.9. The fourth-order valence-corrected chi connectivity index (χ4v) is 5.31. The first-order valence-electron chi connectivity index (χ1n) is 6.64. The molecule has 1 atom stereocenters. The molecule has 0 amide bonds. The van der Waals surface area contributed by atoms with Crippen molar-refractivity contribution in [1.82, 2.24) is 5.32 Å². The van der Waals surface area contributed by atoms with Crippen LogP contribution in [-0.2, 0) is 16.4 Å². The van der Waals surface area contributed by atoms with Gasteiger partial charge in [-0.25, -0.2) is 8.42 Å². The average Bonchev–Trinajstić information content (AvgIpc) is 2.70. The van der Waals surface area contributed by atoms with Gasteiger partial charge in [0.2, 0.25) is 0 Å². The molecule has 0 saturated carbocycles. The van der Waals surface area contributed by atoms with Crippen molar-refractivity contribution in [1.29, 1.82) is 0 Å². The number of benzene rings is 1. The van der Waals surface area contributed by atoms with Gasteiger partial charge in [-0.05, 0) is 47.0 Å². The van der Waals surface area contributed by atoms with Crippen LogP contribution in [0.2, 0.25) is 0 Å². The zero-order valence-electron chi connectivity index (χ0n) is 12.4. The van der Waals surface area contributed by atoms with E-state index in [1.807, 2.05) is 19.1 Å². The Bertz CT molecular complexity index is 632. The number of halogens is 1. The lowest BCUT2D eigenvalue weighted by Gasteiger charge is -2.24. The fourth-order valence-electron chi connectivity index (χ4n) is 2.54. The Labute approximate surface area is 134 Å². The number of hydrogen-bond acceptors (Lipinski definition) is 5. The second-order valence-electron chi connectivity index (χ2n) is 5.57. The van der Waals surface area contributed by atoms with Crippen molar-refractivity contribution in [3.05, 3.63) is 22.2 Å². The van der Waals surface area contributed by atoms with E-state index in [4.69, 9.17) is 9.47 Å². The van der Waals surface area contributed by atoms with Gasteiger partial charge in [0, 0.05) is 12.1 Å². The molecule has 0 spiro atoms. The van der Waals surface area contributed by atoms with Crippen LogP contribution in [0.1, 0.15) is 18.9 Å². The van der Waals surface area contributed by atoms with E-state index in [0.29, 0.717) is 24.5 Å². The summed E-state index contributed by atoms with van der Waals surface area (Å²) in [6, 6.07) is 3.84. The molecule has 21 heavy (non-hydrogen) atoms. The molecule has 1 aromatic rings. The molecule has 7 heteroatoms. The second kappa shape index (κ2) is 6.14. The van der Waals surface area contributed by atoms with Crippen LogP contribution in [0.25, 0.3) is 0 Å². The lowest BCUT2D eigenvalue weighted by Crippen LogP contribution is -2.42.